The van der Waals surface area contributed by atoms with Gasteiger partial charge in [0.1, 0.15) is 0 Å². The Bertz CT molecular complexity index is 818. The van der Waals surface area contributed by atoms with E-state index in [2.05, 4.69) is 35.4 Å². The Balaban J connectivity index is 1.81. The van der Waals surface area contributed by atoms with Crippen LogP contribution >= 0.6 is 22.9 Å². The lowest BCUT2D eigenvalue weighted by molar-refractivity contribution is 0.212. The highest BCUT2D eigenvalue weighted by atomic mass is 35.5. The van der Waals surface area contributed by atoms with Crippen molar-refractivity contribution in [2.45, 2.75) is 26.4 Å². The van der Waals surface area contributed by atoms with E-state index >= 15 is 0 Å². The third-order valence-corrected chi connectivity index (χ3v) is 5.39. The average Bonchev–Trinajstić information content (AvgIpc) is 2.98. The molecule has 2 aromatic heterocycles. The molecule has 126 valence electrons. The van der Waals surface area contributed by atoms with Crippen LogP contribution in [0.1, 0.15) is 22.6 Å². The van der Waals surface area contributed by atoms with Crippen LogP contribution < -0.4 is 0 Å². The molecule has 0 saturated carbocycles. The smallest absolute Gasteiger partial charge is 0.0891 e. The van der Waals surface area contributed by atoms with E-state index in [1.165, 1.54) is 10.4 Å². The summed E-state index contributed by atoms with van der Waals surface area (Å²) in [4.78, 5) is 8.44. The van der Waals surface area contributed by atoms with Crippen molar-refractivity contribution in [2.75, 3.05) is 13.2 Å². The first kappa shape index (κ1) is 17.4. The largest absolute Gasteiger partial charge is 0.396 e. The van der Waals surface area contributed by atoms with E-state index in [0.717, 1.165) is 42.7 Å². The molecule has 0 saturated heterocycles. The number of hydrogen-bond donors (Lipinski definition) is 1. The minimum absolute atomic E-state index is 0.205. The van der Waals surface area contributed by atoms with Gasteiger partial charge in [-0.25, -0.2) is 4.98 Å². The lowest BCUT2D eigenvalue weighted by Gasteiger charge is -2.21. The van der Waals surface area contributed by atoms with Crippen LogP contribution in [0.2, 0.25) is 5.02 Å². The van der Waals surface area contributed by atoms with Crippen LogP contribution in [-0.4, -0.2) is 28.1 Å². The monoisotopic (exact) mass is 360 g/mol. The average molecular weight is 361 g/mol. The summed E-state index contributed by atoms with van der Waals surface area (Å²) >= 11 is 8.06. The Morgan fingerprint density at radius 2 is 2.04 bits per heavy atom. The third-order valence-electron chi connectivity index (χ3n) is 4.08. The molecular formula is C19H21ClN2OS. The van der Waals surface area contributed by atoms with Crippen molar-refractivity contribution >= 4 is 33.8 Å². The van der Waals surface area contributed by atoms with Crippen molar-refractivity contribution in [3.05, 3.63) is 62.9 Å². The predicted molar refractivity (Wildman–Crippen MR) is 102 cm³/mol. The maximum absolute atomic E-state index is 9.18. The predicted octanol–water partition coefficient (Wildman–Crippen LogP) is 4.64. The van der Waals surface area contributed by atoms with Crippen LogP contribution in [0.5, 0.6) is 0 Å². The van der Waals surface area contributed by atoms with E-state index in [9.17, 15) is 5.11 Å². The number of aliphatic hydroxyl groups excluding tert-OH is 1. The second-order valence-electron chi connectivity index (χ2n) is 5.93. The first-order valence-electron chi connectivity index (χ1n) is 8.07. The Labute approximate surface area is 151 Å². The number of para-hydroxylation sites is 1. The van der Waals surface area contributed by atoms with E-state index in [4.69, 9.17) is 16.6 Å². The minimum Gasteiger partial charge on any atom is -0.396 e. The summed E-state index contributed by atoms with van der Waals surface area (Å²) in [5.74, 6) is 0. The number of thiophene rings is 1. The summed E-state index contributed by atoms with van der Waals surface area (Å²) in [6.07, 6.45) is 0.763. The lowest BCUT2D eigenvalue weighted by Crippen LogP contribution is -2.25. The van der Waals surface area contributed by atoms with Crippen molar-refractivity contribution in [3.8, 4) is 0 Å². The molecule has 3 nitrogen and oxygen atoms in total. The molecule has 0 spiro atoms. The summed E-state index contributed by atoms with van der Waals surface area (Å²) in [6, 6.07) is 12.1. The first-order valence-corrected chi connectivity index (χ1v) is 9.33. The summed E-state index contributed by atoms with van der Waals surface area (Å²) < 4.78 is 0. The van der Waals surface area contributed by atoms with Gasteiger partial charge in [-0.15, -0.1) is 11.3 Å². The molecule has 3 rings (SSSR count). The van der Waals surface area contributed by atoms with Gasteiger partial charge in [-0.3, -0.25) is 4.90 Å². The molecule has 0 radical (unpaired) electrons. The molecule has 0 amide bonds. The Hall–Kier alpha value is -1.46. The van der Waals surface area contributed by atoms with E-state index in [1.54, 1.807) is 11.3 Å². The van der Waals surface area contributed by atoms with Gasteiger partial charge in [-0.2, -0.15) is 0 Å². The van der Waals surface area contributed by atoms with Gasteiger partial charge in [-0.1, -0.05) is 29.8 Å². The SMILES string of the molecule is Cc1ccsc1CN(CCCO)Cc1ccc2cccc(Cl)c2n1. The second-order valence-corrected chi connectivity index (χ2v) is 7.34. The molecule has 1 N–H and O–H groups in total. The number of pyridine rings is 1. The van der Waals surface area contributed by atoms with Crippen LogP contribution in [0.15, 0.2) is 41.8 Å². The molecule has 1 aromatic carbocycles. The maximum atomic E-state index is 9.18. The van der Waals surface area contributed by atoms with Gasteiger partial charge in [0.25, 0.3) is 0 Å². The fourth-order valence-corrected chi connectivity index (χ4v) is 3.92. The van der Waals surface area contributed by atoms with Crippen molar-refractivity contribution < 1.29 is 5.11 Å². The van der Waals surface area contributed by atoms with Crippen molar-refractivity contribution in [1.29, 1.82) is 0 Å². The minimum atomic E-state index is 0.205. The Kier molecular flexibility index (Phi) is 5.85. The zero-order chi connectivity index (χ0) is 16.9. The molecular weight excluding hydrogens is 340 g/mol. The zero-order valence-corrected chi connectivity index (χ0v) is 15.3. The fraction of sp³-hybridized carbons (Fsp3) is 0.316. The number of aromatic nitrogens is 1. The molecule has 0 atom stereocenters. The zero-order valence-electron chi connectivity index (χ0n) is 13.7. The summed E-state index contributed by atoms with van der Waals surface area (Å²) in [5.41, 5.74) is 3.18. The number of aryl methyl sites for hydroxylation is 1. The van der Waals surface area contributed by atoms with Gasteiger partial charge in [0.05, 0.1) is 16.2 Å². The molecule has 2 heterocycles. The number of hydrogen-bond acceptors (Lipinski definition) is 4. The lowest BCUT2D eigenvalue weighted by atomic mass is 10.2. The van der Waals surface area contributed by atoms with Crippen LogP contribution in [0.3, 0.4) is 0 Å². The van der Waals surface area contributed by atoms with E-state index < -0.39 is 0 Å². The number of aliphatic hydroxyl groups is 1. The van der Waals surface area contributed by atoms with Gasteiger partial charge in [0.15, 0.2) is 0 Å². The molecule has 0 aliphatic heterocycles. The molecule has 3 aromatic rings. The first-order chi connectivity index (χ1) is 11.7. The molecule has 0 bridgehead atoms. The topological polar surface area (TPSA) is 36.4 Å². The van der Waals surface area contributed by atoms with Gasteiger partial charge < -0.3 is 5.11 Å². The summed E-state index contributed by atoms with van der Waals surface area (Å²) in [7, 11) is 0. The number of rotatable bonds is 7. The summed E-state index contributed by atoms with van der Waals surface area (Å²) in [6.45, 7) is 4.82. The van der Waals surface area contributed by atoms with E-state index in [0.29, 0.717) is 5.02 Å². The van der Waals surface area contributed by atoms with Gasteiger partial charge in [0, 0.05) is 36.5 Å². The number of halogens is 1. The van der Waals surface area contributed by atoms with Crippen LogP contribution in [0.25, 0.3) is 10.9 Å². The number of fused-ring (bicyclic) bond motifs is 1. The second kappa shape index (κ2) is 8.08. The van der Waals surface area contributed by atoms with Crippen molar-refractivity contribution in [2.24, 2.45) is 0 Å². The molecule has 0 fully saturated rings. The van der Waals surface area contributed by atoms with Crippen LogP contribution in [0.4, 0.5) is 0 Å². The van der Waals surface area contributed by atoms with Gasteiger partial charge in [0.2, 0.25) is 0 Å². The van der Waals surface area contributed by atoms with Crippen molar-refractivity contribution in [3.63, 3.8) is 0 Å². The normalized spacial score (nSPS) is 11.5. The highest BCUT2D eigenvalue weighted by molar-refractivity contribution is 7.10. The quantitative estimate of drug-likeness (QED) is 0.666. The maximum Gasteiger partial charge on any atom is 0.0891 e. The summed E-state index contributed by atoms with van der Waals surface area (Å²) in [5, 5.41) is 13.1. The third kappa shape index (κ3) is 4.14. The standard InChI is InChI=1S/C19H21ClN2OS/c1-14-8-11-24-18(14)13-22(9-3-10-23)12-16-7-6-15-4-2-5-17(20)19(15)21-16/h2,4-8,11,23H,3,9-10,12-13H2,1H3. The van der Waals surface area contributed by atoms with E-state index in [-0.39, 0.29) is 6.61 Å². The molecule has 0 unspecified atom stereocenters. The van der Waals surface area contributed by atoms with Gasteiger partial charge in [-0.05, 0) is 42.5 Å². The van der Waals surface area contributed by atoms with Crippen LogP contribution in [0, 0.1) is 6.92 Å². The molecule has 5 heteroatoms. The number of nitrogens with zero attached hydrogens (tertiary/aromatic N) is 2. The molecule has 0 aliphatic carbocycles. The molecule has 0 aliphatic rings. The van der Waals surface area contributed by atoms with Crippen molar-refractivity contribution in [1.82, 2.24) is 9.88 Å². The van der Waals surface area contributed by atoms with Crippen LogP contribution in [-0.2, 0) is 13.1 Å². The Morgan fingerprint density at radius 1 is 1.17 bits per heavy atom. The number of benzene rings is 1. The fourth-order valence-electron chi connectivity index (χ4n) is 2.75. The van der Waals surface area contributed by atoms with Gasteiger partial charge >= 0.3 is 0 Å². The molecule has 24 heavy (non-hydrogen) atoms. The highest BCUT2D eigenvalue weighted by Crippen LogP contribution is 2.23. The Morgan fingerprint density at radius 3 is 2.79 bits per heavy atom. The van der Waals surface area contributed by atoms with E-state index in [1.807, 2.05) is 18.2 Å². The highest BCUT2D eigenvalue weighted by Gasteiger charge is 2.11.